The summed E-state index contributed by atoms with van der Waals surface area (Å²) in [7, 11) is -1.56. The van der Waals surface area contributed by atoms with E-state index in [0.717, 1.165) is 19.1 Å². The minimum atomic E-state index is -3.19. The molecule has 0 bridgehead atoms. The smallest absolute Gasteiger partial charge is 0.251 e. The molecule has 0 aromatic heterocycles. The van der Waals surface area contributed by atoms with Crippen LogP contribution in [0.15, 0.2) is 4.99 Å². The minimum Gasteiger partial charge on any atom is -0.355 e. The van der Waals surface area contributed by atoms with Crippen LogP contribution >= 0.6 is 24.0 Å². The molecule has 11 heteroatoms. The van der Waals surface area contributed by atoms with Crippen LogP contribution in [0, 0.1) is 0 Å². The van der Waals surface area contributed by atoms with Crippen LogP contribution in [0.25, 0.3) is 0 Å². The van der Waals surface area contributed by atoms with Crippen molar-refractivity contribution in [1.29, 1.82) is 0 Å². The van der Waals surface area contributed by atoms with Crippen LogP contribution in [0.2, 0.25) is 0 Å². The molecule has 1 rings (SSSR count). The van der Waals surface area contributed by atoms with Crippen molar-refractivity contribution in [3.8, 4) is 0 Å². The zero-order valence-electron chi connectivity index (χ0n) is 13.4. The molecule has 1 heterocycles. The number of rotatable bonds is 7. The van der Waals surface area contributed by atoms with E-state index in [-0.39, 0.29) is 43.1 Å². The second kappa shape index (κ2) is 11.3. The fourth-order valence-electron chi connectivity index (χ4n) is 2.26. The highest BCUT2D eigenvalue weighted by atomic mass is 127. The number of sulfonamides is 1. The summed E-state index contributed by atoms with van der Waals surface area (Å²) in [5.41, 5.74) is 0. The van der Waals surface area contributed by atoms with Crippen molar-refractivity contribution < 1.29 is 17.2 Å². The van der Waals surface area contributed by atoms with Crippen molar-refractivity contribution in [3.05, 3.63) is 0 Å². The molecular weight excluding hydrogens is 443 g/mol. The van der Waals surface area contributed by atoms with Gasteiger partial charge >= 0.3 is 0 Å². The van der Waals surface area contributed by atoms with E-state index < -0.39 is 16.4 Å². The number of hydrogen-bond acceptors (Lipinski definition) is 4. The Labute approximate surface area is 153 Å². The molecule has 0 amide bonds. The molecule has 1 aliphatic rings. The molecule has 3 N–H and O–H groups in total. The Morgan fingerprint density at radius 2 is 1.91 bits per heavy atom. The summed E-state index contributed by atoms with van der Waals surface area (Å²) >= 11 is 0. The van der Waals surface area contributed by atoms with Crippen LogP contribution in [-0.4, -0.2) is 77.8 Å². The lowest BCUT2D eigenvalue weighted by atomic mass is 10.1. The van der Waals surface area contributed by atoms with Crippen molar-refractivity contribution in [1.82, 2.24) is 20.3 Å². The van der Waals surface area contributed by atoms with Gasteiger partial charge < -0.3 is 10.6 Å². The molecule has 0 aliphatic carbocycles. The van der Waals surface area contributed by atoms with Gasteiger partial charge in [0.15, 0.2) is 5.96 Å². The van der Waals surface area contributed by atoms with E-state index in [0.29, 0.717) is 25.6 Å². The first-order valence-corrected chi connectivity index (χ1v) is 9.11. The highest BCUT2D eigenvalue weighted by Crippen LogP contribution is 2.11. The molecule has 0 aromatic carbocycles. The first-order valence-electron chi connectivity index (χ1n) is 7.22. The van der Waals surface area contributed by atoms with Crippen molar-refractivity contribution in [2.24, 2.45) is 4.99 Å². The van der Waals surface area contributed by atoms with Crippen molar-refractivity contribution in [2.45, 2.75) is 25.3 Å². The van der Waals surface area contributed by atoms with E-state index in [9.17, 15) is 17.2 Å². The minimum absolute atomic E-state index is 0. The van der Waals surface area contributed by atoms with Gasteiger partial charge in [-0.15, -0.1) is 24.0 Å². The average molecular weight is 469 g/mol. The summed E-state index contributed by atoms with van der Waals surface area (Å²) < 4.78 is 48.8. The number of nitrogens with one attached hydrogen (secondary N) is 3. The first kappa shape index (κ1) is 22.7. The molecule has 0 spiro atoms. The molecule has 23 heavy (non-hydrogen) atoms. The fraction of sp³-hybridized carbons (Fsp3) is 0.917. The lowest BCUT2D eigenvalue weighted by Crippen LogP contribution is -2.50. The van der Waals surface area contributed by atoms with Crippen LogP contribution in [0.3, 0.4) is 0 Å². The summed E-state index contributed by atoms with van der Waals surface area (Å²) in [6.07, 6.45) is 0.360. The quantitative estimate of drug-likeness (QED) is 0.212. The SMILES string of the molecule is CN=C(NCCNS(C)(=O)=O)NC1CCN(CC(F)F)CC1.I. The number of likely N-dealkylation sites (tertiary alicyclic amines) is 1. The number of piperidine rings is 1. The topological polar surface area (TPSA) is 85.8 Å². The highest BCUT2D eigenvalue weighted by Gasteiger charge is 2.21. The largest absolute Gasteiger partial charge is 0.355 e. The molecule has 0 atom stereocenters. The van der Waals surface area contributed by atoms with Gasteiger partial charge in [0, 0.05) is 39.3 Å². The van der Waals surface area contributed by atoms with Gasteiger partial charge in [0.2, 0.25) is 10.0 Å². The van der Waals surface area contributed by atoms with Crippen LogP contribution < -0.4 is 15.4 Å². The zero-order valence-corrected chi connectivity index (χ0v) is 16.5. The van der Waals surface area contributed by atoms with Gasteiger partial charge in [0.05, 0.1) is 12.8 Å². The third-order valence-electron chi connectivity index (χ3n) is 3.33. The number of guanidine groups is 1. The zero-order chi connectivity index (χ0) is 16.6. The van der Waals surface area contributed by atoms with Gasteiger partial charge in [-0.1, -0.05) is 0 Å². The fourth-order valence-corrected chi connectivity index (χ4v) is 2.73. The molecule has 0 unspecified atom stereocenters. The van der Waals surface area contributed by atoms with Gasteiger partial charge in [-0.2, -0.15) is 0 Å². The van der Waals surface area contributed by atoms with Gasteiger partial charge in [-0.25, -0.2) is 21.9 Å². The standard InChI is InChI=1S/C12H25F2N5O2S.HI/c1-15-12(16-5-6-17-22(2,20)21)18-10-3-7-19(8-4-10)9-11(13)14;/h10-11,17H,3-9H2,1-2H3,(H2,15,16,18);1H. The van der Waals surface area contributed by atoms with E-state index in [1.165, 1.54) is 0 Å². The molecule has 7 nitrogen and oxygen atoms in total. The monoisotopic (exact) mass is 469 g/mol. The van der Waals surface area contributed by atoms with Crippen LogP contribution in [0.1, 0.15) is 12.8 Å². The third-order valence-corrected chi connectivity index (χ3v) is 4.06. The van der Waals surface area contributed by atoms with E-state index in [2.05, 4.69) is 20.3 Å². The molecule has 1 saturated heterocycles. The predicted molar refractivity (Wildman–Crippen MR) is 98.2 cm³/mol. The van der Waals surface area contributed by atoms with Crippen molar-refractivity contribution in [2.75, 3.05) is 46.0 Å². The Hall–Kier alpha value is -0.270. The molecule has 138 valence electrons. The van der Waals surface area contributed by atoms with Crippen LogP contribution in [0.5, 0.6) is 0 Å². The Bertz CT molecular complexity index is 456. The average Bonchev–Trinajstić information content (AvgIpc) is 2.42. The molecule has 0 saturated carbocycles. The van der Waals surface area contributed by atoms with E-state index in [1.807, 2.05) is 0 Å². The number of hydrogen-bond donors (Lipinski definition) is 3. The Kier molecular flexibility index (Phi) is 11.2. The van der Waals surface area contributed by atoms with E-state index in [1.54, 1.807) is 11.9 Å². The maximum absolute atomic E-state index is 12.3. The Morgan fingerprint density at radius 1 is 1.30 bits per heavy atom. The third kappa shape index (κ3) is 11.0. The summed E-state index contributed by atoms with van der Waals surface area (Å²) in [6, 6.07) is 0.183. The number of aliphatic imine (C=N–C) groups is 1. The lowest BCUT2D eigenvalue weighted by molar-refractivity contribution is 0.0744. The molecule has 0 radical (unpaired) electrons. The van der Waals surface area contributed by atoms with Gasteiger partial charge in [0.1, 0.15) is 0 Å². The molecule has 1 fully saturated rings. The summed E-state index contributed by atoms with van der Waals surface area (Å²) in [6.45, 7) is 1.78. The van der Waals surface area contributed by atoms with Crippen LogP contribution in [0.4, 0.5) is 8.78 Å². The number of nitrogens with zero attached hydrogens (tertiary/aromatic N) is 2. The normalized spacial score (nSPS) is 17.9. The summed E-state index contributed by atoms with van der Waals surface area (Å²) in [5, 5.41) is 6.24. The van der Waals surface area contributed by atoms with Crippen LogP contribution in [-0.2, 0) is 10.0 Å². The first-order chi connectivity index (χ1) is 10.3. The maximum atomic E-state index is 12.3. The highest BCUT2D eigenvalue weighted by molar-refractivity contribution is 14.0. The summed E-state index contributed by atoms with van der Waals surface area (Å²) in [4.78, 5) is 5.83. The molecule has 1 aliphatic heterocycles. The maximum Gasteiger partial charge on any atom is 0.251 e. The predicted octanol–water partition coefficient (Wildman–Crippen LogP) is 0.0481. The van der Waals surface area contributed by atoms with Gasteiger partial charge in [-0.05, 0) is 12.8 Å². The van der Waals surface area contributed by atoms with Gasteiger partial charge in [-0.3, -0.25) is 9.89 Å². The Balaban J connectivity index is 0.00000484. The number of alkyl halides is 2. The second-order valence-corrected chi connectivity index (χ2v) is 7.11. The molecular formula is C12H26F2IN5O2S. The van der Waals surface area contributed by atoms with E-state index in [4.69, 9.17) is 0 Å². The van der Waals surface area contributed by atoms with E-state index >= 15 is 0 Å². The Morgan fingerprint density at radius 3 is 2.39 bits per heavy atom. The summed E-state index contributed by atoms with van der Waals surface area (Å²) in [5.74, 6) is 0.586. The van der Waals surface area contributed by atoms with Gasteiger partial charge in [0.25, 0.3) is 6.43 Å². The van der Waals surface area contributed by atoms with Crippen molar-refractivity contribution >= 4 is 40.0 Å². The second-order valence-electron chi connectivity index (χ2n) is 5.28. The lowest BCUT2D eigenvalue weighted by Gasteiger charge is -2.32. The molecule has 0 aromatic rings. The van der Waals surface area contributed by atoms with Crippen molar-refractivity contribution in [3.63, 3.8) is 0 Å². The number of halogens is 3.